The molecule has 1 nitrogen and oxygen atoms in total. The van der Waals surface area contributed by atoms with Gasteiger partial charge in [0.25, 0.3) is 0 Å². The molecule has 12 heavy (non-hydrogen) atoms. The maximum absolute atomic E-state index is 3.87. The van der Waals surface area contributed by atoms with E-state index in [9.17, 15) is 0 Å². The summed E-state index contributed by atoms with van der Waals surface area (Å²) < 4.78 is 0. The fraction of sp³-hybridized carbons (Fsp3) is 0.364. The molecule has 1 heteroatoms. The number of nitrogens with one attached hydrogen (secondary N) is 1. The highest BCUT2D eigenvalue weighted by molar-refractivity contribution is 5.27. The van der Waals surface area contributed by atoms with Gasteiger partial charge in [0.2, 0.25) is 0 Å². The van der Waals surface area contributed by atoms with Crippen LogP contribution in [0.4, 0.5) is 0 Å². The molecule has 1 N–H and O–H groups in total. The van der Waals surface area contributed by atoms with Crippen molar-refractivity contribution in [3.8, 4) is 0 Å². The normalized spacial score (nSPS) is 22.9. The largest absolute Gasteiger partial charge is 0.316 e. The van der Waals surface area contributed by atoms with E-state index in [1.165, 1.54) is 12.0 Å². The highest BCUT2D eigenvalue weighted by atomic mass is 14.9. The molecule has 1 unspecified atom stereocenters. The van der Waals surface area contributed by atoms with Gasteiger partial charge in [0.1, 0.15) is 0 Å². The van der Waals surface area contributed by atoms with Crippen molar-refractivity contribution in [1.29, 1.82) is 0 Å². The zero-order chi connectivity index (χ0) is 8.39. The molecule has 0 spiro atoms. The lowest BCUT2D eigenvalue weighted by Crippen LogP contribution is -2.07. The van der Waals surface area contributed by atoms with Crippen molar-refractivity contribution in [2.24, 2.45) is 0 Å². The van der Waals surface area contributed by atoms with Crippen LogP contribution in [0.25, 0.3) is 0 Å². The van der Waals surface area contributed by atoms with Gasteiger partial charge in [0, 0.05) is 6.54 Å². The molecule has 1 aliphatic heterocycles. The summed E-state index contributed by atoms with van der Waals surface area (Å²) in [5, 5.41) is 3.37. The highest BCUT2D eigenvalue weighted by Gasteiger charge is 2.15. The fourth-order valence-electron chi connectivity index (χ4n) is 1.73. The number of benzene rings is 1. The van der Waals surface area contributed by atoms with Crippen LogP contribution in [0.2, 0.25) is 0 Å². The first-order valence-electron chi connectivity index (χ1n) is 4.49. The maximum Gasteiger partial charge on any atom is 0.00206 e. The molecule has 63 valence electrons. The van der Waals surface area contributed by atoms with Crippen molar-refractivity contribution in [3.05, 3.63) is 42.3 Å². The van der Waals surface area contributed by atoms with Crippen LogP contribution in [0.3, 0.4) is 0 Å². The maximum atomic E-state index is 3.87. The minimum absolute atomic E-state index is 0.727. The zero-order valence-electron chi connectivity index (χ0n) is 7.22. The highest BCUT2D eigenvalue weighted by Crippen LogP contribution is 2.21. The molecule has 0 bridgehead atoms. The zero-order valence-corrected chi connectivity index (χ0v) is 7.22. The summed E-state index contributed by atoms with van der Waals surface area (Å²) in [7, 11) is 0. The summed E-state index contributed by atoms with van der Waals surface area (Å²) in [6.07, 6.45) is 1.27. The summed E-state index contributed by atoms with van der Waals surface area (Å²) in [6, 6.07) is 8.57. The third-order valence-electron chi connectivity index (χ3n) is 2.51. The lowest BCUT2D eigenvalue weighted by Gasteiger charge is -2.07. The van der Waals surface area contributed by atoms with E-state index < -0.39 is 0 Å². The number of hydrogen-bond donors (Lipinski definition) is 1. The molecule has 1 aromatic carbocycles. The van der Waals surface area contributed by atoms with Crippen LogP contribution in [-0.2, 0) is 0 Å². The van der Waals surface area contributed by atoms with Gasteiger partial charge in [0.15, 0.2) is 0 Å². The summed E-state index contributed by atoms with van der Waals surface area (Å²) in [4.78, 5) is 0. The quantitative estimate of drug-likeness (QED) is 0.662. The molecule has 1 aliphatic rings. The van der Waals surface area contributed by atoms with Crippen LogP contribution < -0.4 is 5.32 Å². The number of rotatable bonds is 1. The molecule has 0 aromatic heterocycles. The molecule has 0 aliphatic carbocycles. The van der Waals surface area contributed by atoms with Crippen molar-refractivity contribution in [3.63, 3.8) is 0 Å². The van der Waals surface area contributed by atoms with E-state index in [1.807, 2.05) is 0 Å². The van der Waals surface area contributed by atoms with Crippen molar-refractivity contribution < 1.29 is 0 Å². The second kappa shape index (κ2) is 3.28. The van der Waals surface area contributed by atoms with Gasteiger partial charge in [-0.05, 0) is 36.9 Å². The minimum atomic E-state index is 0.727. The Morgan fingerprint density at radius 3 is 2.58 bits per heavy atom. The smallest absolute Gasteiger partial charge is 0.00206 e. The van der Waals surface area contributed by atoms with Gasteiger partial charge in [-0.3, -0.25) is 0 Å². The average molecular weight is 160 g/mol. The molecule has 1 fully saturated rings. The van der Waals surface area contributed by atoms with Gasteiger partial charge in [-0.15, -0.1) is 0 Å². The van der Waals surface area contributed by atoms with Crippen molar-refractivity contribution in [2.45, 2.75) is 12.3 Å². The topological polar surface area (TPSA) is 12.0 Å². The van der Waals surface area contributed by atoms with E-state index in [4.69, 9.17) is 0 Å². The molecule has 1 aromatic rings. The molecular weight excluding hydrogens is 146 g/mol. The van der Waals surface area contributed by atoms with Gasteiger partial charge in [-0.2, -0.15) is 0 Å². The second-order valence-corrected chi connectivity index (χ2v) is 3.43. The summed E-state index contributed by atoms with van der Waals surface area (Å²) in [6.45, 7) is 6.17. The first-order valence-corrected chi connectivity index (χ1v) is 4.49. The van der Waals surface area contributed by atoms with Gasteiger partial charge >= 0.3 is 0 Å². The molecular formula is C11H14N. The molecule has 2 rings (SSSR count). The standard InChI is InChI=1S/C11H14N/c1-9-2-4-10(5-3-9)11-6-7-12-8-11/h2-5,11-12H,1,6-8H2. The van der Waals surface area contributed by atoms with Crippen LogP contribution in [-0.4, -0.2) is 13.1 Å². The summed E-state index contributed by atoms with van der Waals surface area (Å²) in [5.74, 6) is 0.727. The van der Waals surface area contributed by atoms with Gasteiger partial charge in [0.05, 0.1) is 0 Å². The van der Waals surface area contributed by atoms with Crippen LogP contribution in [0, 0.1) is 6.92 Å². The van der Waals surface area contributed by atoms with Crippen LogP contribution in [0.15, 0.2) is 24.3 Å². The number of hydrogen-bond acceptors (Lipinski definition) is 1. The lowest BCUT2D eigenvalue weighted by molar-refractivity contribution is 0.763. The Morgan fingerprint density at radius 2 is 2.00 bits per heavy atom. The van der Waals surface area contributed by atoms with Gasteiger partial charge in [-0.25, -0.2) is 0 Å². The third kappa shape index (κ3) is 1.51. The van der Waals surface area contributed by atoms with E-state index in [1.54, 1.807) is 0 Å². The third-order valence-corrected chi connectivity index (χ3v) is 2.51. The Bertz CT molecular complexity index is 244. The molecule has 0 amide bonds. The SMILES string of the molecule is [CH2]c1ccc(C2CCNC2)cc1. The first-order chi connectivity index (χ1) is 5.86. The molecule has 1 radical (unpaired) electrons. The molecule has 1 atom stereocenters. The van der Waals surface area contributed by atoms with Crippen LogP contribution in [0.5, 0.6) is 0 Å². The lowest BCUT2D eigenvalue weighted by atomic mass is 9.98. The summed E-state index contributed by atoms with van der Waals surface area (Å²) >= 11 is 0. The van der Waals surface area contributed by atoms with Crippen molar-refractivity contribution in [2.75, 3.05) is 13.1 Å². The minimum Gasteiger partial charge on any atom is -0.316 e. The Kier molecular flexibility index (Phi) is 2.13. The van der Waals surface area contributed by atoms with Gasteiger partial charge < -0.3 is 5.32 Å². The monoisotopic (exact) mass is 160 g/mol. The molecule has 1 heterocycles. The second-order valence-electron chi connectivity index (χ2n) is 3.43. The first kappa shape index (κ1) is 7.81. The average Bonchev–Trinajstić information content (AvgIpc) is 2.58. The van der Waals surface area contributed by atoms with Crippen molar-refractivity contribution in [1.82, 2.24) is 5.32 Å². The van der Waals surface area contributed by atoms with Crippen molar-refractivity contribution >= 4 is 0 Å². The van der Waals surface area contributed by atoms with E-state index in [-0.39, 0.29) is 0 Å². The Labute approximate surface area is 73.8 Å². The van der Waals surface area contributed by atoms with Crippen LogP contribution >= 0.6 is 0 Å². The Hall–Kier alpha value is -0.820. The van der Waals surface area contributed by atoms with Crippen LogP contribution in [0.1, 0.15) is 23.5 Å². The summed E-state index contributed by atoms with van der Waals surface area (Å²) in [5.41, 5.74) is 2.55. The molecule has 0 saturated carbocycles. The van der Waals surface area contributed by atoms with Gasteiger partial charge in [-0.1, -0.05) is 24.3 Å². The van der Waals surface area contributed by atoms with E-state index in [0.29, 0.717) is 0 Å². The predicted octanol–water partition coefficient (Wildman–Crippen LogP) is 1.95. The van der Waals surface area contributed by atoms with E-state index >= 15 is 0 Å². The predicted molar refractivity (Wildman–Crippen MR) is 51.1 cm³/mol. The molecule has 1 saturated heterocycles. The Morgan fingerprint density at radius 1 is 1.25 bits per heavy atom. The van der Waals surface area contributed by atoms with E-state index in [0.717, 1.165) is 24.6 Å². The Balaban J connectivity index is 2.17. The van der Waals surface area contributed by atoms with E-state index in [2.05, 4.69) is 36.5 Å². The fourth-order valence-corrected chi connectivity index (χ4v) is 1.73.